The van der Waals surface area contributed by atoms with Crippen LogP contribution in [-0.4, -0.2) is 11.6 Å². The Morgan fingerprint density at radius 2 is 1.87 bits per heavy atom. The van der Waals surface area contributed by atoms with E-state index >= 15 is 0 Å². The SMILES string of the molecule is CC(C)Oc1ccccc1CC(C)(C)N. The zero-order valence-corrected chi connectivity index (χ0v) is 10.1. The van der Waals surface area contributed by atoms with Crippen LogP contribution in [0.3, 0.4) is 0 Å². The van der Waals surface area contributed by atoms with Crippen LogP contribution < -0.4 is 10.5 Å². The second kappa shape index (κ2) is 4.67. The Bertz CT molecular complexity index is 313. The molecular weight excluding hydrogens is 186 g/mol. The van der Waals surface area contributed by atoms with Crippen molar-refractivity contribution in [2.45, 2.75) is 45.8 Å². The lowest BCUT2D eigenvalue weighted by Gasteiger charge is -2.21. The maximum Gasteiger partial charge on any atom is 0.122 e. The van der Waals surface area contributed by atoms with Gasteiger partial charge in [0.05, 0.1) is 6.10 Å². The highest BCUT2D eigenvalue weighted by atomic mass is 16.5. The number of hydrogen-bond donors (Lipinski definition) is 1. The van der Waals surface area contributed by atoms with Crippen LogP contribution in [0, 0.1) is 0 Å². The van der Waals surface area contributed by atoms with Crippen LogP contribution in [-0.2, 0) is 6.42 Å². The lowest BCUT2D eigenvalue weighted by Crippen LogP contribution is -2.34. The Morgan fingerprint density at radius 1 is 1.27 bits per heavy atom. The molecule has 15 heavy (non-hydrogen) atoms. The summed E-state index contributed by atoms with van der Waals surface area (Å²) in [5.41, 5.74) is 6.99. The average molecular weight is 207 g/mol. The van der Waals surface area contributed by atoms with Gasteiger partial charge in [0.2, 0.25) is 0 Å². The van der Waals surface area contributed by atoms with Gasteiger partial charge in [0, 0.05) is 5.54 Å². The summed E-state index contributed by atoms with van der Waals surface area (Å²) in [6, 6.07) is 8.09. The Morgan fingerprint density at radius 3 is 2.40 bits per heavy atom. The molecule has 0 bridgehead atoms. The van der Waals surface area contributed by atoms with Crippen LogP contribution in [0.2, 0.25) is 0 Å². The zero-order chi connectivity index (χ0) is 11.5. The normalized spacial score (nSPS) is 11.9. The highest BCUT2D eigenvalue weighted by molar-refractivity contribution is 5.34. The monoisotopic (exact) mass is 207 g/mol. The van der Waals surface area contributed by atoms with Gasteiger partial charge in [0.15, 0.2) is 0 Å². The summed E-state index contributed by atoms with van der Waals surface area (Å²) in [7, 11) is 0. The summed E-state index contributed by atoms with van der Waals surface area (Å²) in [6.45, 7) is 8.12. The first-order valence-electron chi connectivity index (χ1n) is 5.42. The Kier molecular flexibility index (Phi) is 3.75. The van der Waals surface area contributed by atoms with Crippen molar-refractivity contribution in [2.75, 3.05) is 0 Å². The summed E-state index contributed by atoms with van der Waals surface area (Å²) in [6.07, 6.45) is 1.03. The van der Waals surface area contributed by atoms with Crippen LogP contribution in [0.25, 0.3) is 0 Å². The van der Waals surface area contributed by atoms with Crippen LogP contribution in [0.1, 0.15) is 33.3 Å². The van der Waals surface area contributed by atoms with E-state index in [1.165, 1.54) is 5.56 Å². The van der Waals surface area contributed by atoms with Gasteiger partial charge in [0.25, 0.3) is 0 Å². The van der Waals surface area contributed by atoms with E-state index in [-0.39, 0.29) is 11.6 Å². The Hall–Kier alpha value is -1.02. The number of para-hydroxylation sites is 1. The van der Waals surface area contributed by atoms with E-state index in [4.69, 9.17) is 10.5 Å². The van der Waals surface area contributed by atoms with Crippen molar-refractivity contribution in [3.63, 3.8) is 0 Å². The fourth-order valence-corrected chi connectivity index (χ4v) is 1.51. The minimum Gasteiger partial charge on any atom is -0.491 e. The molecule has 2 N–H and O–H groups in total. The molecule has 0 spiro atoms. The topological polar surface area (TPSA) is 35.2 Å². The van der Waals surface area contributed by atoms with Gasteiger partial charge in [-0.05, 0) is 45.7 Å². The second-order valence-corrected chi connectivity index (χ2v) is 4.94. The largest absolute Gasteiger partial charge is 0.491 e. The van der Waals surface area contributed by atoms with Crippen LogP contribution in [0.4, 0.5) is 0 Å². The summed E-state index contributed by atoms with van der Waals surface area (Å²) >= 11 is 0. The minimum atomic E-state index is -0.198. The van der Waals surface area contributed by atoms with Crippen molar-refractivity contribution in [1.29, 1.82) is 0 Å². The van der Waals surface area contributed by atoms with Gasteiger partial charge in [-0.15, -0.1) is 0 Å². The average Bonchev–Trinajstić information content (AvgIpc) is 2.05. The van der Waals surface area contributed by atoms with Crippen molar-refractivity contribution in [1.82, 2.24) is 0 Å². The molecular formula is C13H21NO. The first-order valence-corrected chi connectivity index (χ1v) is 5.42. The highest BCUT2D eigenvalue weighted by Crippen LogP contribution is 2.22. The predicted molar refractivity (Wildman–Crippen MR) is 64.2 cm³/mol. The van der Waals surface area contributed by atoms with Crippen LogP contribution >= 0.6 is 0 Å². The van der Waals surface area contributed by atoms with Gasteiger partial charge in [0.1, 0.15) is 5.75 Å². The number of ether oxygens (including phenoxy) is 1. The van der Waals surface area contributed by atoms with E-state index in [1.54, 1.807) is 0 Å². The first-order chi connectivity index (χ1) is 6.88. The molecule has 0 aliphatic rings. The van der Waals surface area contributed by atoms with Crippen molar-refractivity contribution in [3.05, 3.63) is 29.8 Å². The fraction of sp³-hybridized carbons (Fsp3) is 0.538. The van der Waals surface area contributed by atoms with E-state index in [9.17, 15) is 0 Å². The molecule has 0 saturated heterocycles. The van der Waals surface area contributed by atoms with Gasteiger partial charge in [-0.2, -0.15) is 0 Å². The molecule has 1 aromatic carbocycles. The molecule has 0 unspecified atom stereocenters. The third-order valence-electron chi connectivity index (χ3n) is 1.98. The van der Waals surface area contributed by atoms with E-state index in [0.717, 1.165) is 12.2 Å². The first kappa shape index (κ1) is 12.1. The summed E-state index contributed by atoms with van der Waals surface area (Å²) < 4.78 is 5.74. The standard InChI is InChI=1S/C13H21NO/c1-10(2)15-12-8-6-5-7-11(12)9-13(3,4)14/h5-8,10H,9,14H2,1-4H3. The minimum absolute atomic E-state index is 0.198. The summed E-state index contributed by atoms with van der Waals surface area (Å²) in [5.74, 6) is 0.950. The van der Waals surface area contributed by atoms with E-state index < -0.39 is 0 Å². The van der Waals surface area contributed by atoms with Gasteiger partial charge in [-0.3, -0.25) is 0 Å². The smallest absolute Gasteiger partial charge is 0.122 e. The molecule has 0 saturated carbocycles. The Balaban J connectivity index is 2.86. The molecule has 1 rings (SSSR count). The van der Waals surface area contributed by atoms with Crippen molar-refractivity contribution in [3.8, 4) is 5.75 Å². The molecule has 84 valence electrons. The highest BCUT2D eigenvalue weighted by Gasteiger charge is 2.15. The molecule has 0 aliphatic heterocycles. The molecule has 2 heteroatoms. The third kappa shape index (κ3) is 4.34. The van der Waals surface area contributed by atoms with E-state index in [2.05, 4.69) is 6.07 Å². The number of rotatable bonds is 4. The van der Waals surface area contributed by atoms with Crippen LogP contribution in [0.15, 0.2) is 24.3 Å². The molecule has 0 atom stereocenters. The quantitative estimate of drug-likeness (QED) is 0.824. The lowest BCUT2D eigenvalue weighted by atomic mass is 9.96. The summed E-state index contributed by atoms with van der Waals surface area (Å²) in [5, 5.41) is 0. The maximum absolute atomic E-state index is 6.01. The fourth-order valence-electron chi connectivity index (χ4n) is 1.51. The molecule has 0 heterocycles. The van der Waals surface area contributed by atoms with Gasteiger partial charge in [-0.1, -0.05) is 18.2 Å². The third-order valence-corrected chi connectivity index (χ3v) is 1.98. The molecule has 1 aromatic rings. The molecule has 0 amide bonds. The number of hydrogen-bond acceptors (Lipinski definition) is 2. The van der Waals surface area contributed by atoms with E-state index in [0.29, 0.717) is 0 Å². The van der Waals surface area contributed by atoms with Crippen LogP contribution in [0.5, 0.6) is 5.75 Å². The zero-order valence-electron chi connectivity index (χ0n) is 10.1. The second-order valence-electron chi connectivity index (χ2n) is 4.94. The van der Waals surface area contributed by atoms with Gasteiger partial charge >= 0.3 is 0 Å². The molecule has 0 radical (unpaired) electrons. The van der Waals surface area contributed by atoms with E-state index in [1.807, 2.05) is 45.9 Å². The van der Waals surface area contributed by atoms with Crippen molar-refractivity contribution in [2.24, 2.45) is 5.73 Å². The molecule has 0 aliphatic carbocycles. The number of nitrogens with two attached hydrogens (primary N) is 1. The van der Waals surface area contributed by atoms with Crippen molar-refractivity contribution < 1.29 is 4.74 Å². The van der Waals surface area contributed by atoms with Gasteiger partial charge < -0.3 is 10.5 Å². The van der Waals surface area contributed by atoms with Crippen molar-refractivity contribution >= 4 is 0 Å². The van der Waals surface area contributed by atoms with Gasteiger partial charge in [-0.25, -0.2) is 0 Å². The predicted octanol–water partition coefficient (Wildman–Crippen LogP) is 2.75. The summed E-state index contributed by atoms with van der Waals surface area (Å²) in [4.78, 5) is 0. The lowest BCUT2D eigenvalue weighted by molar-refractivity contribution is 0.238. The maximum atomic E-state index is 6.01. The number of benzene rings is 1. The molecule has 0 aromatic heterocycles. The molecule has 0 fully saturated rings. The molecule has 2 nitrogen and oxygen atoms in total. The Labute approximate surface area is 92.4 Å².